The molecule has 0 aliphatic rings. The summed E-state index contributed by atoms with van der Waals surface area (Å²) in [5, 5.41) is 9.52. The Kier molecular flexibility index (Phi) is 4.66. The van der Waals surface area contributed by atoms with Crippen molar-refractivity contribution in [2.24, 2.45) is 0 Å². The molecule has 19 heavy (non-hydrogen) atoms. The Morgan fingerprint density at radius 3 is 2.95 bits per heavy atom. The molecule has 0 unspecified atom stereocenters. The van der Waals surface area contributed by atoms with Crippen LogP contribution in [0.25, 0.3) is 0 Å². The number of aryl methyl sites for hydroxylation is 2. The molecule has 1 amide bonds. The SMILES string of the molecule is CCc1ccccc1C(=O)NCCCc1ncn[nH]1. The van der Waals surface area contributed by atoms with E-state index >= 15 is 0 Å². The zero-order chi connectivity index (χ0) is 13.5. The summed E-state index contributed by atoms with van der Waals surface area (Å²) in [7, 11) is 0. The standard InChI is InChI=1S/C14H18N4O/c1-2-11-6-3-4-7-12(11)14(19)15-9-5-8-13-16-10-17-18-13/h3-4,6-7,10H,2,5,8-9H2,1H3,(H,15,19)(H,16,17,18). The van der Waals surface area contributed by atoms with Crippen LogP contribution in [-0.2, 0) is 12.8 Å². The van der Waals surface area contributed by atoms with Crippen LogP contribution in [0.4, 0.5) is 0 Å². The van der Waals surface area contributed by atoms with Crippen LogP contribution in [0.2, 0.25) is 0 Å². The Morgan fingerprint density at radius 1 is 1.37 bits per heavy atom. The molecule has 1 aromatic carbocycles. The van der Waals surface area contributed by atoms with E-state index in [2.05, 4.69) is 27.4 Å². The first-order valence-corrected chi connectivity index (χ1v) is 6.51. The largest absolute Gasteiger partial charge is 0.352 e. The Hall–Kier alpha value is -2.17. The van der Waals surface area contributed by atoms with Crippen molar-refractivity contribution in [2.45, 2.75) is 26.2 Å². The van der Waals surface area contributed by atoms with Crippen molar-refractivity contribution in [1.29, 1.82) is 0 Å². The molecular formula is C14H18N4O. The molecule has 1 aromatic heterocycles. The third-order valence-corrected chi connectivity index (χ3v) is 2.98. The molecule has 100 valence electrons. The lowest BCUT2D eigenvalue weighted by Gasteiger charge is -2.08. The fourth-order valence-corrected chi connectivity index (χ4v) is 1.95. The van der Waals surface area contributed by atoms with E-state index in [-0.39, 0.29) is 5.91 Å². The van der Waals surface area contributed by atoms with Crippen molar-refractivity contribution in [1.82, 2.24) is 20.5 Å². The summed E-state index contributed by atoms with van der Waals surface area (Å²) in [5.41, 5.74) is 1.85. The van der Waals surface area contributed by atoms with Crippen LogP contribution < -0.4 is 5.32 Å². The summed E-state index contributed by atoms with van der Waals surface area (Å²) in [4.78, 5) is 16.1. The number of aromatic amines is 1. The molecule has 5 nitrogen and oxygen atoms in total. The number of carbonyl (C=O) groups excluding carboxylic acids is 1. The van der Waals surface area contributed by atoms with Gasteiger partial charge in [-0.05, 0) is 24.5 Å². The second kappa shape index (κ2) is 6.68. The number of aromatic nitrogens is 3. The van der Waals surface area contributed by atoms with E-state index in [0.29, 0.717) is 6.54 Å². The summed E-state index contributed by atoms with van der Waals surface area (Å²) in [5.74, 6) is 0.846. The van der Waals surface area contributed by atoms with Gasteiger partial charge < -0.3 is 5.32 Å². The number of rotatable bonds is 6. The highest BCUT2D eigenvalue weighted by Crippen LogP contribution is 2.09. The van der Waals surface area contributed by atoms with Gasteiger partial charge in [-0.2, -0.15) is 5.10 Å². The second-order valence-corrected chi connectivity index (χ2v) is 4.30. The van der Waals surface area contributed by atoms with E-state index in [1.807, 2.05) is 24.3 Å². The van der Waals surface area contributed by atoms with Crippen LogP contribution >= 0.6 is 0 Å². The Bertz CT molecular complexity index is 522. The molecule has 2 N–H and O–H groups in total. The van der Waals surface area contributed by atoms with Gasteiger partial charge in [-0.3, -0.25) is 9.89 Å². The highest BCUT2D eigenvalue weighted by Gasteiger charge is 2.08. The molecule has 1 heterocycles. The predicted molar refractivity (Wildman–Crippen MR) is 72.9 cm³/mol. The molecule has 0 fully saturated rings. The lowest BCUT2D eigenvalue weighted by molar-refractivity contribution is 0.0952. The highest BCUT2D eigenvalue weighted by molar-refractivity contribution is 5.95. The van der Waals surface area contributed by atoms with Gasteiger partial charge >= 0.3 is 0 Å². The number of hydrogen-bond acceptors (Lipinski definition) is 3. The van der Waals surface area contributed by atoms with Crippen molar-refractivity contribution in [3.63, 3.8) is 0 Å². The van der Waals surface area contributed by atoms with Gasteiger partial charge in [0, 0.05) is 18.5 Å². The molecule has 2 aromatic rings. The van der Waals surface area contributed by atoms with E-state index in [1.165, 1.54) is 6.33 Å². The molecule has 2 rings (SSSR count). The molecule has 0 radical (unpaired) electrons. The maximum atomic E-state index is 12.0. The van der Waals surface area contributed by atoms with Crippen LogP contribution in [0, 0.1) is 0 Å². The van der Waals surface area contributed by atoms with E-state index in [0.717, 1.165) is 36.2 Å². The average molecular weight is 258 g/mol. The minimum atomic E-state index is -0.00461. The maximum absolute atomic E-state index is 12.0. The van der Waals surface area contributed by atoms with Gasteiger partial charge in [-0.15, -0.1) is 0 Å². The number of nitrogens with one attached hydrogen (secondary N) is 2. The first kappa shape index (κ1) is 13.3. The van der Waals surface area contributed by atoms with Gasteiger partial charge in [0.1, 0.15) is 12.2 Å². The fraction of sp³-hybridized carbons (Fsp3) is 0.357. The van der Waals surface area contributed by atoms with E-state index in [1.54, 1.807) is 0 Å². The van der Waals surface area contributed by atoms with Crippen molar-refractivity contribution in [2.75, 3.05) is 6.54 Å². The molecule has 0 aliphatic heterocycles. The lowest BCUT2D eigenvalue weighted by Crippen LogP contribution is -2.25. The Labute approximate surface area is 112 Å². The summed E-state index contributed by atoms with van der Waals surface area (Å²) < 4.78 is 0. The predicted octanol–water partition coefficient (Wildman–Crippen LogP) is 1.73. The van der Waals surface area contributed by atoms with Crippen LogP contribution in [0.15, 0.2) is 30.6 Å². The molecule has 0 atom stereocenters. The molecule has 5 heteroatoms. The number of benzene rings is 1. The topological polar surface area (TPSA) is 70.7 Å². The average Bonchev–Trinajstić information content (AvgIpc) is 2.96. The maximum Gasteiger partial charge on any atom is 0.251 e. The second-order valence-electron chi connectivity index (χ2n) is 4.30. The molecule has 0 saturated carbocycles. The zero-order valence-corrected chi connectivity index (χ0v) is 11.0. The molecule has 0 bridgehead atoms. The minimum absolute atomic E-state index is 0.00461. The van der Waals surface area contributed by atoms with E-state index in [9.17, 15) is 4.79 Å². The first-order chi connectivity index (χ1) is 9.31. The quantitative estimate of drug-likeness (QED) is 0.775. The van der Waals surface area contributed by atoms with Crippen LogP contribution in [0.3, 0.4) is 0 Å². The summed E-state index contributed by atoms with van der Waals surface area (Å²) in [6.07, 6.45) is 3.98. The van der Waals surface area contributed by atoms with E-state index < -0.39 is 0 Å². The smallest absolute Gasteiger partial charge is 0.251 e. The zero-order valence-electron chi connectivity index (χ0n) is 11.0. The third kappa shape index (κ3) is 3.64. The molecule has 0 spiro atoms. The normalized spacial score (nSPS) is 10.4. The van der Waals surface area contributed by atoms with Crippen molar-refractivity contribution in [3.05, 3.63) is 47.5 Å². The van der Waals surface area contributed by atoms with Gasteiger partial charge in [0.2, 0.25) is 0 Å². The van der Waals surface area contributed by atoms with Crippen LogP contribution in [0.1, 0.15) is 35.1 Å². The van der Waals surface area contributed by atoms with Crippen molar-refractivity contribution < 1.29 is 4.79 Å². The molecule has 0 aliphatic carbocycles. The monoisotopic (exact) mass is 258 g/mol. The van der Waals surface area contributed by atoms with Gasteiger partial charge in [0.05, 0.1) is 0 Å². The number of amides is 1. The van der Waals surface area contributed by atoms with Crippen LogP contribution in [0.5, 0.6) is 0 Å². The van der Waals surface area contributed by atoms with Gasteiger partial charge in [-0.1, -0.05) is 25.1 Å². The number of hydrogen-bond donors (Lipinski definition) is 2. The van der Waals surface area contributed by atoms with Crippen LogP contribution in [-0.4, -0.2) is 27.6 Å². The highest BCUT2D eigenvalue weighted by atomic mass is 16.1. The van der Waals surface area contributed by atoms with Crippen molar-refractivity contribution in [3.8, 4) is 0 Å². The number of carbonyl (C=O) groups is 1. The number of H-pyrrole nitrogens is 1. The van der Waals surface area contributed by atoms with Gasteiger partial charge in [-0.25, -0.2) is 4.98 Å². The van der Waals surface area contributed by atoms with Gasteiger partial charge in [0.15, 0.2) is 0 Å². The number of nitrogens with zero attached hydrogens (tertiary/aromatic N) is 2. The van der Waals surface area contributed by atoms with Gasteiger partial charge in [0.25, 0.3) is 5.91 Å². The molecule has 0 saturated heterocycles. The summed E-state index contributed by atoms with van der Waals surface area (Å²) in [6.45, 7) is 2.69. The summed E-state index contributed by atoms with van der Waals surface area (Å²) >= 11 is 0. The Balaban J connectivity index is 1.81. The first-order valence-electron chi connectivity index (χ1n) is 6.51. The Morgan fingerprint density at radius 2 is 2.21 bits per heavy atom. The van der Waals surface area contributed by atoms with E-state index in [4.69, 9.17) is 0 Å². The van der Waals surface area contributed by atoms with Crippen molar-refractivity contribution >= 4 is 5.91 Å². The summed E-state index contributed by atoms with van der Waals surface area (Å²) in [6, 6.07) is 7.70. The lowest BCUT2D eigenvalue weighted by atomic mass is 10.0. The molecular weight excluding hydrogens is 240 g/mol. The fourth-order valence-electron chi connectivity index (χ4n) is 1.95. The minimum Gasteiger partial charge on any atom is -0.352 e. The third-order valence-electron chi connectivity index (χ3n) is 2.98.